The largest absolute Gasteiger partial charge is 0.512 e. The van der Waals surface area contributed by atoms with Crippen molar-refractivity contribution in [3.63, 3.8) is 0 Å². The number of hydrogen-bond donors (Lipinski definition) is 2. The van der Waals surface area contributed by atoms with Gasteiger partial charge in [0.25, 0.3) is 0 Å². The quantitative estimate of drug-likeness (QED) is 0.766. The van der Waals surface area contributed by atoms with Crippen molar-refractivity contribution in [2.75, 3.05) is 0 Å². The molecular weight excluding hydrogens is 302 g/mol. The molecule has 0 saturated heterocycles. The minimum absolute atomic E-state index is 0.192. The molecule has 0 radical (unpaired) electrons. The third-order valence-corrected chi connectivity index (χ3v) is 3.58. The molecule has 2 aromatic heterocycles. The fraction of sp³-hybridized carbons (Fsp3) is 0.421. The van der Waals surface area contributed by atoms with Crippen LogP contribution in [-0.4, -0.2) is 25.2 Å². The lowest BCUT2D eigenvalue weighted by Gasteiger charge is -2.18. The lowest BCUT2D eigenvalue weighted by Crippen LogP contribution is -2.10. The summed E-state index contributed by atoms with van der Waals surface area (Å²) in [5.41, 5.74) is 1.30. The normalized spacial score (nSPS) is 14.2. The van der Waals surface area contributed by atoms with Gasteiger partial charge in [-0.25, -0.2) is 15.0 Å². The van der Waals surface area contributed by atoms with E-state index < -0.39 is 10.8 Å². The van der Waals surface area contributed by atoms with Crippen LogP contribution in [0.15, 0.2) is 29.8 Å². The van der Waals surface area contributed by atoms with Gasteiger partial charge in [-0.3, -0.25) is 0 Å². The molecule has 0 atom stereocenters. The molecule has 0 amide bonds. The molecule has 2 N–H and O–H groups in total. The zero-order valence-corrected chi connectivity index (χ0v) is 15.1. The first-order chi connectivity index (χ1) is 11.0. The topological polar surface area (TPSA) is 79.1 Å². The highest BCUT2D eigenvalue weighted by atomic mass is 16.3. The summed E-state index contributed by atoms with van der Waals surface area (Å²) < 4.78 is 0. The third kappa shape index (κ3) is 4.10. The average Bonchev–Trinajstić information content (AvgIpc) is 2.45. The van der Waals surface area contributed by atoms with Gasteiger partial charge in [0.05, 0.1) is 22.9 Å². The number of fused-ring (bicyclic) bond motifs is 1. The van der Waals surface area contributed by atoms with Crippen LogP contribution >= 0.6 is 0 Å². The molecule has 0 fully saturated rings. The Morgan fingerprint density at radius 3 is 1.88 bits per heavy atom. The van der Waals surface area contributed by atoms with Crippen LogP contribution in [0, 0.1) is 10.8 Å². The summed E-state index contributed by atoms with van der Waals surface area (Å²) in [6, 6.07) is 3.61. The summed E-state index contributed by atoms with van der Waals surface area (Å²) in [6.45, 7) is 11.5. The molecule has 0 unspecified atom stereocenters. The number of aliphatic hydroxyl groups excluding tert-OH is 2. The molecule has 2 aromatic rings. The lowest BCUT2D eigenvalue weighted by molar-refractivity contribution is 0.282. The maximum absolute atomic E-state index is 10.3. The van der Waals surface area contributed by atoms with E-state index in [1.165, 1.54) is 0 Å². The van der Waals surface area contributed by atoms with E-state index in [2.05, 4.69) is 15.0 Å². The molecule has 0 bridgehead atoms. The van der Waals surface area contributed by atoms with E-state index in [9.17, 15) is 10.2 Å². The molecule has 0 saturated carbocycles. The molecule has 5 heteroatoms. The molecule has 24 heavy (non-hydrogen) atoms. The van der Waals surface area contributed by atoms with Crippen molar-refractivity contribution in [1.29, 1.82) is 0 Å². The predicted molar refractivity (Wildman–Crippen MR) is 97.5 cm³/mol. The number of nitrogens with zero attached hydrogens (tertiary/aromatic N) is 3. The van der Waals surface area contributed by atoms with Crippen LogP contribution in [-0.2, 0) is 0 Å². The number of rotatable bonds is 2. The Bertz CT molecular complexity index is 741. The molecular formula is C19H25N3O2. The Labute approximate surface area is 142 Å². The highest BCUT2D eigenvalue weighted by Crippen LogP contribution is 2.28. The zero-order chi connectivity index (χ0) is 18.1. The van der Waals surface area contributed by atoms with E-state index in [0.717, 1.165) is 0 Å². The summed E-state index contributed by atoms with van der Waals surface area (Å²) in [6.07, 6.45) is 4.83. The molecule has 0 spiro atoms. The Balaban J connectivity index is 2.69. The summed E-state index contributed by atoms with van der Waals surface area (Å²) in [4.78, 5) is 13.3. The van der Waals surface area contributed by atoms with Gasteiger partial charge in [0, 0.05) is 29.2 Å². The predicted octanol–water partition coefficient (Wildman–Crippen LogP) is 4.91. The van der Waals surface area contributed by atoms with Crippen LogP contribution in [0.3, 0.4) is 0 Å². The molecule has 2 heterocycles. The molecule has 0 aliphatic rings. The second kappa shape index (κ2) is 6.23. The molecule has 0 aromatic carbocycles. The number of aliphatic hydroxyl groups is 2. The van der Waals surface area contributed by atoms with Gasteiger partial charge in [-0.15, -0.1) is 0 Å². The summed E-state index contributed by atoms with van der Waals surface area (Å²) in [5, 5.41) is 20.6. The fourth-order valence-electron chi connectivity index (χ4n) is 1.82. The fourth-order valence-corrected chi connectivity index (χ4v) is 1.82. The van der Waals surface area contributed by atoms with Gasteiger partial charge < -0.3 is 10.2 Å². The van der Waals surface area contributed by atoms with Gasteiger partial charge in [-0.1, -0.05) is 41.5 Å². The summed E-state index contributed by atoms with van der Waals surface area (Å²) >= 11 is 0. The Hall–Kier alpha value is -2.43. The van der Waals surface area contributed by atoms with E-state index in [-0.39, 0.29) is 11.5 Å². The van der Waals surface area contributed by atoms with Crippen molar-refractivity contribution in [3.8, 4) is 0 Å². The molecule has 0 aliphatic heterocycles. The van der Waals surface area contributed by atoms with E-state index in [0.29, 0.717) is 22.6 Å². The van der Waals surface area contributed by atoms with Crippen LogP contribution in [0.25, 0.3) is 23.3 Å². The van der Waals surface area contributed by atoms with Crippen molar-refractivity contribution in [2.45, 2.75) is 41.5 Å². The second-order valence-corrected chi connectivity index (χ2v) is 7.90. The van der Waals surface area contributed by atoms with Crippen LogP contribution < -0.4 is 0 Å². The maximum Gasteiger partial charge on any atom is 0.178 e. The van der Waals surface area contributed by atoms with Crippen molar-refractivity contribution in [1.82, 2.24) is 15.0 Å². The molecule has 5 nitrogen and oxygen atoms in total. The van der Waals surface area contributed by atoms with Crippen molar-refractivity contribution < 1.29 is 10.2 Å². The maximum atomic E-state index is 10.3. The van der Waals surface area contributed by atoms with Gasteiger partial charge in [0.2, 0.25) is 0 Å². The van der Waals surface area contributed by atoms with E-state index in [1.54, 1.807) is 24.4 Å². The average molecular weight is 327 g/mol. The lowest BCUT2D eigenvalue weighted by atomic mass is 9.92. The minimum Gasteiger partial charge on any atom is -0.512 e. The number of hydrogen-bond acceptors (Lipinski definition) is 5. The van der Waals surface area contributed by atoms with Gasteiger partial charge in [0.15, 0.2) is 5.65 Å². The first-order valence-electron chi connectivity index (χ1n) is 7.93. The van der Waals surface area contributed by atoms with Crippen molar-refractivity contribution >= 4 is 23.3 Å². The molecule has 128 valence electrons. The Morgan fingerprint density at radius 1 is 0.875 bits per heavy atom. The Kier molecular flexibility index (Phi) is 4.65. The van der Waals surface area contributed by atoms with Crippen molar-refractivity contribution in [3.05, 3.63) is 41.2 Å². The smallest absolute Gasteiger partial charge is 0.178 e. The van der Waals surface area contributed by atoms with Gasteiger partial charge in [-0.05, 0) is 12.1 Å². The monoisotopic (exact) mass is 327 g/mol. The SMILES string of the molecule is CC(C)(C)C(O)=Cc1nc2cccnc2nc1C=C(O)C(C)(C)C. The van der Waals surface area contributed by atoms with Crippen molar-refractivity contribution in [2.24, 2.45) is 10.8 Å². The molecule has 2 rings (SSSR count). The first kappa shape index (κ1) is 17.9. The number of pyridine rings is 1. The Morgan fingerprint density at radius 2 is 1.38 bits per heavy atom. The minimum atomic E-state index is -0.409. The van der Waals surface area contributed by atoms with E-state index in [1.807, 2.05) is 47.6 Å². The van der Waals surface area contributed by atoms with Gasteiger partial charge in [-0.2, -0.15) is 0 Å². The zero-order valence-electron chi connectivity index (χ0n) is 15.1. The third-order valence-electron chi connectivity index (χ3n) is 3.58. The summed E-state index contributed by atoms with van der Waals surface area (Å²) in [7, 11) is 0. The van der Waals surface area contributed by atoms with E-state index >= 15 is 0 Å². The summed E-state index contributed by atoms with van der Waals surface area (Å²) in [5.74, 6) is 0.391. The number of allylic oxidation sites excluding steroid dienone is 2. The molecule has 0 aliphatic carbocycles. The van der Waals surface area contributed by atoms with E-state index in [4.69, 9.17) is 0 Å². The number of aromatic nitrogens is 3. The highest BCUT2D eigenvalue weighted by molar-refractivity contribution is 5.75. The standard InChI is InChI=1S/C19H25N3O2/c1-18(2,3)15(23)10-13-14(11-16(24)19(4,5)6)22-17-12(21-13)8-7-9-20-17/h7-11,23-24H,1-6H3. The highest BCUT2D eigenvalue weighted by Gasteiger charge is 2.20. The van der Waals surface area contributed by atoms with Crippen LogP contribution in [0.4, 0.5) is 0 Å². The first-order valence-corrected chi connectivity index (χ1v) is 7.93. The van der Waals surface area contributed by atoms with Gasteiger partial charge >= 0.3 is 0 Å². The van der Waals surface area contributed by atoms with Crippen LogP contribution in [0.1, 0.15) is 52.9 Å². The van der Waals surface area contributed by atoms with Gasteiger partial charge in [0.1, 0.15) is 5.52 Å². The van der Waals surface area contributed by atoms with Crippen LogP contribution in [0.5, 0.6) is 0 Å². The van der Waals surface area contributed by atoms with Crippen LogP contribution in [0.2, 0.25) is 0 Å². The second-order valence-electron chi connectivity index (χ2n) is 7.90.